The molecule has 1 aliphatic rings. The Morgan fingerprint density at radius 3 is 1.72 bits per heavy atom. The molecule has 1 aliphatic heterocycles. The summed E-state index contributed by atoms with van der Waals surface area (Å²) in [6, 6.07) is 41.7. The summed E-state index contributed by atoms with van der Waals surface area (Å²) in [4.78, 5) is 8.26. The molecule has 11 heteroatoms. The van der Waals surface area contributed by atoms with Gasteiger partial charge >= 0.3 is 0 Å². The zero-order valence-corrected chi connectivity index (χ0v) is 51.0. The molecular formula is C72H66F5N4OPt-3. The molecule has 0 unspecified atom stereocenters. The van der Waals surface area contributed by atoms with Crippen LogP contribution < -0.4 is 14.5 Å². The zero-order valence-electron chi connectivity index (χ0n) is 52.7. The molecule has 0 saturated carbocycles. The number of anilines is 4. The van der Waals surface area contributed by atoms with Crippen LogP contribution in [0.4, 0.5) is 44.7 Å². The minimum atomic E-state index is -2.28. The SMILES string of the molecule is [2H]c1c([2H])c(C(C)(C)C)c([2H])c([2H])c1-c1cc(Oc2[c-]c3c(cc2)c2ccccc2n3-c2cc(C(C)(C)C)ccn2)[c-]c(N2[CH-]N(c3c(-c4cc(C(C)C)cc(C(C)C)c4)cc(C(C)(C)C)cc3-c3c(F)c(F)c(F)c(F)c3F)c3ccccc32)c1.[Pt]. The summed E-state index contributed by atoms with van der Waals surface area (Å²) in [5.41, 5.74) is 4.99. The maximum absolute atomic E-state index is 16.8. The molecule has 5 nitrogen and oxygen atoms in total. The Balaban J connectivity index is 0.00000838. The van der Waals surface area contributed by atoms with Gasteiger partial charge in [0.1, 0.15) is 5.82 Å². The fourth-order valence-corrected chi connectivity index (χ4v) is 10.5. The van der Waals surface area contributed by atoms with E-state index in [2.05, 4.69) is 72.7 Å². The molecule has 0 atom stereocenters. The standard InChI is InChI=1S/C72H66F5N4O.Pt/c1-41(2)44-30-45(42(3)4)32-47(31-44)56-35-50(72(11,12)13)36-57(63-64(73)66(75)68(77)67(76)65(63)74)69(56)80-40-79(59-20-16-17-21-60(59)80)51-33-46(43-22-24-48(25-23-43)70(5,6)7)34-53(38-51)82-52-26-27-55-54-18-14-15-19-58(54)81(61(55)39-52)62-37-49(28-29-78-62)71(8,9)10;/h14-37,40-42H,1-13H3;/q-3;/i22D,23D,24D,25D;. The first-order chi connectivity index (χ1) is 40.4. The van der Waals surface area contributed by atoms with Crippen molar-refractivity contribution in [2.24, 2.45) is 0 Å². The van der Waals surface area contributed by atoms with Crippen molar-refractivity contribution in [1.82, 2.24) is 9.55 Å². The molecule has 0 N–H and O–H groups in total. The van der Waals surface area contributed by atoms with Crippen LogP contribution >= 0.6 is 0 Å². The van der Waals surface area contributed by atoms with Crippen molar-refractivity contribution in [3.63, 3.8) is 0 Å². The predicted octanol–water partition coefficient (Wildman–Crippen LogP) is 20.8. The first-order valence-corrected chi connectivity index (χ1v) is 27.6. The molecular weight excluding hydrogens is 1230 g/mol. The molecule has 3 heterocycles. The van der Waals surface area contributed by atoms with Crippen molar-refractivity contribution in [2.75, 3.05) is 9.80 Å². The second kappa shape index (κ2) is 21.9. The molecule has 0 radical (unpaired) electrons. The van der Waals surface area contributed by atoms with E-state index >= 15 is 22.0 Å². The van der Waals surface area contributed by atoms with E-state index in [4.69, 9.17) is 9.72 Å². The number of hydrogen-bond donors (Lipinski definition) is 0. The molecule has 0 aliphatic carbocycles. The number of nitrogens with zero attached hydrogens (tertiary/aromatic N) is 4. The number of pyridine rings is 1. The van der Waals surface area contributed by atoms with Crippen LogP contribution in [0.1, 0.15) is 135 Å². The van der Waals surface area contributed by atoms with E-state index in [1.165, 1.54) is 6.07 Å². The van der Waals surface area contributed by atoms with Crippen molar-refractivity contribution >= 4 is 44.6 Å². The fraction of sp³-hybridized carbons (Fsp3) is 0.250. The van der Waals surface area contributed by atoms with Crippen LogP contribution in [0.3, 0.4) is 0 Å². The van der Waals surface area contributed by atoms with Gasteiger partial charge < -0.3 is 19.1 Å². The Kier molecular flexibility index (Phi) is 14.1. The molecule has 0 fully saturated rings. The fourth-order valence-electron chi connectivity index (χ4n) is 10.5. The van der Waals surface area contributed by atoms with Gasteiger partial charge in [0.15, 0.2) is 23.3 Å². The van der Waals surface area contributed by atoms with Crippen LogP contribution in [-0.2, 0) is 37.3 Å². The number of para-hydroxylation sites is 3. The zero-order chi connectivity index (χ0) is 62.0. The van der Waals surface area contributed by atoms with Crippen LogP contribution in [0.2, 0.25) is 0 Å². The summed E-state index contributed by atoms with van der Waals surface area (Å²) in [5.74, 6) is -9.33. The molecule has 11 rings (SSSR count). The summed E-state index contributed by atoms with van der Waals surface area (Å²) in [6.07, 6.45) is 1.79. The summed E-state index contributed by atoms with van der Waals surface area (Å²) >= 11 is 0. The second-order valence-electron chi connectivity index (χ2n) is 25.0. The topological polar surface area (TPSA) is 33.5 Å². The van der Waals surface area contributed by atoms with E-state index in [1.54, 1.807) is 65.1 Å². The van der Waals surface area contributed by atoms with Crippen molar-refractivity contribution in [1.29, 1.82) is 0 Å². The average molecular weight is 1300 g/mol. The van der Waals surface area contributed by atoms with E-state index < -0.39 is 45.5 Å². The number of hydrogen-bond acceptors (Lipinski definition) is 4. The number of fused-ring (bicyclic) bond motifs is 4. The molecule has 0 saturated heterocycles. The minimum absolute atomic E-state index is 0. The van der Waals surface area contributed by atoms with Crippen LogP contribution in [0.25, 0.3) is 61.0 Å². The van der Waals surface area contributed by atoms with Gasteiger partial charge in [0, 0.05) is 72.5 Å². The van der Waals surface area contributed by atoms with Gasteiger partial charge in [-0.15, -0.1) is 53.6 Å². The number of rotatable bonds is 10. The third-order valence-electron chi connectivity index (χ3n) is 15.3. The summed E-state index contributed by atoms with van der Waals surface area (Å²) in [6.45, 7) is 27.5. The predicted molar refractivity (Wildman–Crippen MR) is 325 cm³/mol. The third-order valence-corrected chi connectivity index (χ3v) is 15.3. The van der Waals surface area contributed by atoms with Gasteiger partial charge in [-0.05, 0) is 115 Å². The normalized spacial score (nSPS) is 13.6. The van der Waals surface area contributed by atoms with E-state index in [1.807, 2.05) is 101 Å². The Morgan fingerprint density at radius 2 is 1.11 bits per heavy atom. The molecule has 8 aromatic carbocycles. The van der Waals surface area contributed by atoms with Crippen LogP contribution in [-0.4, -0.2) is 9.55 Å². The van der Waals surface area contributed by atoms with Gasteiger partial charge in [0.25, 0.3) is 0 Å². The average Bonchev–Trinajstić information content (AvgIpc) is 1.82. The first kappa shape index (κ1) is 53.5. The van der Waals surface area contributed by atoms with E-state index in [0.717, 1.165) is 33.0 Å². The molecule has 2 aromatic heterocycles. The molecule has 0 bridgehead atoms. The van der Waals surface area contributed by atoms with Crippen molar-refractivity contribution in [2.45, 2.75) is 118 Å². The number of aromatic nitrogens is 2. The molecule has 0 amide bonds. The van der Waals surface area contributed by atoms with Crippen LogP contribution in [0, 0.1) is 47.9 Å². The maximum Gasteiger partial charge on any atom is 0.200 e. The summed E-state index contributed by atoms with van der Waals surface area (Å²) in [5, 5.41) is 1.85. The van der Waals surface area contributed by atoms with E-state index in [0.29, 0.717) is 39.4 Å². The van der Waals surface area contributed by atoms with Crippen molar-refractivity contribution in [3.8, 4) is 50.7 Å². The Hall–Kier alpha value is -7.55. The Morgan fingerprint density at radius 1 is 0.530 bits per heavy atom. The van der Waals surface area contributed by atoms with E-state index in [9.17, 15) is 5.48 Å². The Labute approximate surface area is 504 Å². The molecule has 428 valence electrons. The quantitative estimate of drug-likeness (QED) is 0.0591. The summed E-state index contributed by atoms with van der Waals surface area (Å²) in [7, 11) is 0. The smallest absolute Gasteiger partial charge is 0.200 e. The van der Waals surface area contributed by atoms with Gasteiger partial charge in [-0.3, -0.25) is 0 Å². The largest absolute Gasteiger partial charge is 0.509 e. The monoisotopic (exact) mass is 1300 g/mol. The molecule has 0 spiro atoms. The Bertz CT molecular complexity index is 4320. The van der Waals surface area contributed by atoms with Gasteiger partial charge in [-0.2, -0.15) is 6.07 Å². The first-order valence-electron chi connectivity index (χ1n) is 29.6. The second-order valence-corrected chi connectivity index (χ2v) is 25.0. The maximum atomic E-state index is 16.8. The van der Waals surface area contributed by atoms with Crippen LogP contribution in [0.15, 0.2) is 146 Å². The van der Waals surface area contributed by atoms with Gasteiger partial charge in [-0.1, -0.05) is 168 Å². The minimum Gasteiger partial charge on any atom is -0.509 e. The number of benzene rings is 8. The molecule has 83 heavy (non-hydrogen) atoms. The van der Waals surface area contributed by atoms with Gasteiger partial charge in [0.05, 0.1) is 11.0 Å². The summed E-state index contributed by atoms with van der Waals surface area (Å²) < 4.78 is 127. The third kappa shape index (κ3) is 10.9. The van der Waals surface area contributed by atoms with Crippen molar-refractivity contribution in [3.05, 3.63) is 221 Å². The van der Waals surface area contributed by atoms with E-state index in [-0.39, 0.29) is 108 Å². The van der Waals surface area contributed by atoms with Crippen molar-refractivity contribution < 1.29 is 53.2 Å². The molecule has 10 aromatic rings. The van der Waals surface area contributed by atoms with Crippen LogP contribution in [0.5, 0.6) is 11.5 Å². The van der Waals surface area contributed by atoms with Gasteiger partial charge in [-0.25, -0.2) is 26.9 Å². The van der Waals surface area contributed by atoms with Gasteiger partial charge in [0.2, 0.25) is 5.82 Å². The number of halogens is 5. The number of ether oxygens (including phenoxy) is 1.